The normalized spacial score (nSPS) is 16.2. The minimum atomic E-state index is -0.445. The van der Waals surface area contributed by atoms with Crippen LogP contribution in [0.1, 0.15) is 15.9 Å². The molecule has 0 aromatic heterocycles. The molecule has 0 amide bonds. The highest BCUT2D eigenvalue weighted by Crippen LogP contribution is 2.43. The minimum Gasteiger partial charge on any atom is -0.397 e. The number of halogens is 2. The van der Waals surface area contributed by atoms with Crippen molar-refractivity contribution in [1.29, 1.82) is 0 Å². The minimum absolute atomic E-state index is 0.158. The monoisotopic (exact) mass is 305 g/mol. The van der Waals surface area contributed by atoms with Crippen molar-refractivity contribution in [2.75, 3.05) is 0 Å². The number of carbonyl (C=O) groups is 1. The highest BCUT2D eigenvalue weighted by atomic mass is 35.5. The van der Waals surface area contributed by atoms with E-state index in [1.165, 1.54) is 17.8 Å². The summed E-state index contributed by atoms with van der Waals surface area (Å²) in [5.41, 5.74) is 6.88. The molecule has 0 saturated heterocycles. The zero-order valence-electron chi connectivity index (χ0n) is 10.2. The van der Waals surface area contributed by atoms with Crippen LogP contribution in [0.2, 0.25) is 5.02 Å². The number of allylic oxidation sites excluding steroid dienone is 1. The van der Waals surface area contributed by atoms with Gasteiger partial charge < -0.3 is 5.73 Å². The molecule has 1 heterocycles. The maximum Gasteiger partial charge on any atom is 0.203 e. The molecule has 0 atom stereocenters. The number of fused-ring (bicyclic) bond motifs is 1. The molecule has 1 aliphatic heterocycles. The predicted molar refractivity (Wildman–Crippen MR) is 79.1 cm³/mol. The molecule has 0 fully saturated rings. The molecule has 0 radical (unpaired) electrons. The van der Waals surface area contributed by atoms with Crippen molar-refractivity contribution in [3.63, 3.8) is 0 Å². The fourth-order valence-electron chi connectivity index (χ4n) is 2.03. The Bertz CT molecular complexity index is 757. The van der Waals surface area contributed by atoms with Gasteiger partial charge in [0.05, 0.1) is 10.6 Å². The van der Waals surface area contributed by atoms with Crippen LogP contribution in [-0.2, 0) is 0 Å². The van der Waals surface area contributed by atoms with Crippen LogP contribution < -0.4 is 5.73 Å². The quantitative estimate of drug-likeness (QED) is 0.807. The average Bonchev–Trinajstić information content (AvgIpc) is 2.76. The third-order valence-electron chi connectivity index (χ3n) is 3.01. The molecule has 100 valence electrons. The van der Waals surface area contributed by atoms with Crippen LogP contribution in [0.5, 0.6) is 0 Å². The number of ketones is 1. The van der Waals surface area contributed by atoms with Crippen LogP contribution in [0.25, 0.3) is 5.70 Å². The Morgan fingerprint density at radius 1 is 1.20 bits per heavy atom. The number of hydrogen-bond donors (Lipinski definition) is 1. The lowest BCUT2D eigenvalue weighted by atomic mass is 10.1. The summed E-state index contributed by atoms with van der Waals surface area (Å²) in [5.74, 6) is -0.659. The van der Waals surface area contributed by atoms with Gasteiger partial charge in [-0.1, -0.05) is 35.5 Å². The molecule has 0 bridgehead atoms. The Labute approximate surface area is 124 Å². The number of carbonyl (C=O) groups excluding carboxylic acids is 1. The Balaban J connectivity index is 2.12. The molecule has 0 spiro atoms. The first-order chi connectivity index (χ1) is 9.58. The van der Waals surface area contributed by atoms with Crippen molar-refractivity contribution in [3.05, 3.63) is 69.3 Å². The maximum absolute atomic E-state index is 13.8. The van der Waals surface area contributed by atoms with Gasteiger partial charge in [-0.2, -0.15) is 0 Å². The van der Waals surface area contributed by atoms with Crippen LogP contribution >= 0.6 is 23.4 Å². The first-order valence-electron chi connectivity index (χ1n) is 5.84. The van der Waals surface area contributed by atoms with Gasteiger partial charge in [0.1, 0.15) is 5.82 Å². The first kappa shape index (κ1) is 13.2. The molecule has 2 aromatic rings. The van der Waals surface area contributed by atoms with Gasteiger partial charge in [0.2, 0.25) is 5.78 Å². The van der Waals surface area contributed by atoms with E-state index in [2.05, 4.69) is 0 Å². The van der Waals surface area contributed by atoms with E-state index in [1.807, 2.05) is 0 Å². The van der Waals surface area contributed by atoms with E-state index in [1.54, 1.807) is 36.4 Å². The van der Waals surface area contributed by atoms with Gasteiger partial charge in [-0.3, -0.25) is 4.79 Å². The molecule has 1 aliphatic rings. The first-order valence-corrected chi connectivity index (χ1v) is 7.04. The Hall–Kier alpha value is -1.78. The van der Waals surface area contributed by atoms with Crippen molar-refractivity contribution >= 4 is 34.8 Å². The molecule has 0 saturated carbocycles. The van der Waals surface area contributed by atoms with Gasteiger partial charge >= 0.3 is 0 Å². The topological polar surface area (TPSA) is 43.1 Å². The maximum atomic E-state index is 13.8. The summed E-state index contributed by atoms with van der Waals surface area (Å²) < 4.78 is 13.8. The summed E-state index contributed by atoms with van der Waals surface area (Å²) in [4.78, 5) is 13.5. The third kappa shape index (κ3) is 2.11. The van der Waals surface area contributed by atoms with Crippen LogP contribution in [-0.4, -0.2) is 5.78 Å². The Morgan fingerprint density at radius 3 is 2.70 bits per heavy atom. The number of hydrogen-bond acceptors (Lipinski definition) is 3. The number of thioether (sulfide) groups is 1. The average molecular weight is 306 g/mol. The van der Waals surface area contributed by atoms with Crippen LogP contribution in [0, 0.1) is 5.82 Å². The standard InChI is InChI=1S/C15H9ClFNOS/c16-8-5-6-12-10(7-8)14(19)15(20-12)13(18)9-3-1-2-4-11(9)17/h1-7H,18H2/b15-13+. The van der Waals surface area contributed by atoms with Crippen molar-refractivity contribution in [3.8, 4) is 0 Å². The van der Waals surface area contributed by atoms with E-state index in [4.69, 9.17) is 17.3 Å². The summed E-state index contributed by atoms with van der Waals surface area (Å²) in [6, 6.07) is 11.2. The second-order valence-electron chi connectivity index (χ2n) is 4.29. The molecule has 2 nitrogen and oxygen atoms in total. The van der Waals surface area contributed by atoms with E-state index in [9.17, 15) is 9.18 Å². The summed E-state index contributed by atoms with van der Waals surface area (Å²) >= 11 is 7.13. The molecule has 0 unspecified atom stereocenters. The smallest absolute Gasteiger partial charge is 0.203 e. The van der Waals surface area contributed by atoms with Crippen LogP contribution in [0.3, 0.4) is 0 Å². The summed E-state index contributed by atoms with van der Waals surface area (Å²) in [6.07, 6.45) is 0. The zero-order valence-corrected chi connectivity index (χ0v) is 11.8. The van der Waals surface area contributed by atoms with Gasteiger partial charge in [-0.05, 0) is 30.3 Å². The van der Waals surface area contributed by atoms with E-state index in [0.29, 0.717) is 15.5 Å². The van der Waals surface area contributed by atoms with Crippen molar-refractivity contribution in [2.45, 2.75) is 4.90 Å². The van der Waals surface area contributed by atoms with E-state index >= 15 is 0 Å². The molecular formula is C15H9ClFNOS. The number of Topliss-reactive ketones (excluding diaryl/α,β-unsaturated/α-hetero) is 1. The molecular weight excluding hydrogens is 297 g/mol. The lowest BCUT2D eigenvalue weighted by Gasteiger charge is -2.05. The lowest BCUT2D eigenvalue weighted by molar-refractivity contribution is 0.104. The second kappa shape index (κ2) is 4.96. The molecule has 2 aromatic carbocycles. The van der Waals surface area contributed by atoms with E-state index in [0.717, 1.165) is 4.90 Å². The summed E-state index contributed by atoms with van der Waals surface area (Å²) in [6.45, 7) is 0. The number of rotatable bonds is 1. The van der Waals surface area contributed by atoms with Crippen molar-refractivity contribution < 1.29 is 9.18 Å². The summed E-state index contributed by atoms with van der Waals surface area (Å²) in [5, 5.41) is 0.489. The molecule has 5 heteroatoms. The highest BCUT2D eigenvalue weighted by Gasteiger charge is 2.29. The SMILES string of the molecule is N/C(=C1/Sc2ccc(Cl)cc2C1=O)c1ccccc1F. The van der Waals surface area contributed by atoms with Gasteiger partial charge in [-0.15, -0.1) is 0 Å². The van der Waals surface area contributed by atoms with Gasteiger partial charge in [0, 0.05) is 21.0 Å². The molecule has 0 aliphatic carbocycles. The van der Waals surface area contributed by atoms with Crippen molar-refractivity contribution in [2.24, 2.45) is 5.73 Å². The van der Waals surface area contributed by atoms with E-state index in [-0.39, 0.29) is 17.0 Å². The molecule has 2 N–H and O–H groups in total. The molecule has 20 heavy (non-hydrogen) atoms. The predicted octanol–water partition coefficient (Wildman–Crippen LogP) is 4.10. The lowest BCUT2D eigenvalue weighted by Crippen LogP contribution is -2.06. The zero-order chi connectivity index (χ0) is 14.3. The van der Waals surface area contributed by atoms with Crippen molar-refractivity contribution in [1.82, 2.24) is 0 Å². The second-order valence-corrected chi connectivity index (χ2v) is 5.78. The van der Waals surface area contributed by atoms with Gasteiger partial charge in [0.15, 0.2) is 0 Å². The fraction of sp³-hybridized carbons (Fsp3) is 0. The van der Waals surface area contributed by atoms with Gasteiger partial charge in [0.25, 0.3) is 0 Å². The van der Waals surface area contributed by atoms with E-state index < -0.39 is 5.82 Å². The number of nitrogens with two attached hydrogens (primary N) is 1. The largest absolute Gasteiger partial charge is 0.397 e. The van der Waals surface area contributed by atoms with Crippen LogP contribution in [0.4, 0.5) is 4.39 Å². The molecule has 3 rings (SSSR count). The summed E-state index contributed by atoms with van der Waals surface area (Å²) in [7, 11) is 0. The Morgan fingerprint density at radius 2 is 1.95 bits per heavy atom. The van der Waals surface area contributed by atoms with Crippen LogP contribution in [0.15, 0.2) is 52.3 Å². The third-order valence-corrected chi connectivity index (χ3v) is 4.43. The fourth-order valence-corrected chi connectivity index (χ4v) is 3.24. The highest BCUT2D eigenvalue weighted by molar-refractivity contribution is 8.05. The number of benzene rings is 2. The van der Waals surface area contributed by atoms with Gasteiger partial charge in [-0.25, -0.2) is 4.39 Å². The Kier molecular flexibility index (Phi) is 3.28.